The highest BCUT2D eigenvalue weighted by Crippen LogP contribution is 2.36. The van der Waals surface area contributed by atoms with Gasteiger partial charge in [-0.05, 0) is 31.6 Å². The van der Waals surface area contributed by atoms with E-state index in [4.69, 9.17) is 5.11 Å². The minimum Gasteiger partial charge on any atom is -0.481 e. The first-order valence-corrected chi connectivity index (χ1v) is 9.55. The first kappa shape index (κ1) is 21.9. The molecule has 25 heavy (non-hydrogen) atoms. The van der Waals surface area contributed by atoms with E-state index in [9.17, 15) is 20.1 Å². The number of hydrogen-bond acceptors (Lipinski definition) is 4. The number of rotatable bonds is 12. The van der Waals surface area contributed by atoms with Gasteiger partial charge in [-0.15, -0.1) is 0 Å². The Morgan fingerprint density at radius 1 is 1.16 bits per heavy atom. The Balaban J connectivity index is 2.46. The molecule has 5 heteroatoms. The summed E-state index contributed by atoms with van der Waals surface area (Å²) in [5.74, 6) is -1.00. The van der Waals surface area contributed by atoms with Crippen molar-refractivity contribution in [2.24, 2.45) is 11.8 Å². The van der Waals surface area contributed by atoms with Crippen LogP contribution >= 0.6 is 0 Å². The molecule has 5 atom stereocenters. The third kappa shape index (κ3) is 8.66. The Hall–Kier alpha value is -1.17. The second kappa shape index (κ2) is 12.2. The maximum Gasteiger partial charge on any atom is 0.303 e. The number of unbranched alkanes of at least 4 members (excludes halogenated alkanes) is 3. The van der Waals surface area contributed by atoms with E-state index in [1.54, 1.807) is 6.08 Å². The molecular formula is C20H34O5. The molecule has 0 aromatic heterocycles. The van der Waals surface area contributed by atoms with Gasteiger partial charge in [0, 0.05) is 18.8 Å². The highest BCUT2D eigenvalue weighted by Gasteiger charge is 2.39. The molecule has 0 radical (unpaired) electrons. The SMILES string of the molecule is CCCCC[C@H](O)C=CC1C(CC=CCCCC(=O)O)[C@@H](O)C[C@H]1O. The summed E-state index contributed by atoms with van der Waals surface area (Å²) in [5.41, 5.74) is 0. The minimum atomic E-state index is -0.787. The van der Waals surface area contributed by atoms with E-state index in [2.05, 4.69) is 6.92 Å². The lowest BCUT2D eigenvalue weighted by molar-refractivity contribution is -0.137. The topological polar surface area (TPSA) is 98.0 Å². The molecule has 1 fully saturated rings. The van der Waals surface area contributed by atoms with Crippen LogP contribution in [0.4, 0.5) is 0 Å². The zero-order chi connectivity index (χ0) is 18.7. The van der Waals surface area contributed by atoms with Crippen LogP contribution in [-0.2, 0) is 4.79 Å². The molecule has 5 nitrogen and oxygen atoms in total. The van der Waals surface area contributed by atoms with Crippen molar-refractivity contribution in [2.75, 3.05) is 0 Å². The zero-order valence-electron chi connectivity index (χ0n) is 15.3. The molecular weight excluding hydrogens is 320 g/mol. The van der Waals surface area contributed by atoms with Gasteiger partial charge in [0.15, 0.2) is 0 Å². The molecule has 1 aliphatic rings. The number of carbonyl (C=O) groups is 1. The van der Waals surface area contributed by atoms with Crippen molar-refractivity contribution in [3.05, 3.63) is 24.3 Å². The predicted molar refractivity (Wildman–Crippen MR) is 98.1 cm³/mol. The van der Waals surface area contributed by atoms with E-state index >= 15 is 0 Å². The van der Waals surface area contributed by atoms with Gasteiger partial charge in [0.1, 0.15) is 0 Å². The van der Waals surface area contributed by atoms with Crippen LogP contribution in [0.15, 0.2) is 24.3 Å². The number of aliphatic hydroxyl groups is 3. The fourth-order valence-corrected chi connectivity index (χ4v) is 3.41. The number of aliphatic hydroxyl groups excluding tert-OH is 3. The summed E-state index contributed by atoms with van der Waals surface area (Å²) in [6.45, 7) is 2.12. The summed E-state index contributed by atoms with van der Waals surface area (Å²) in [7, 11) is 0. The highest BCUT2D eigenvalue weighted by molar-refractivity contribution is 5.66. The van der Waals surface area contributed by atoms with E-state index in [1.807, 2.05) is 18.2 Å². The summed E-state index contributed by atoms with van der Waals surface area (Å²) < 4.78 is 0. The molecule has 0 aromatic rings. The van der Waals surface area contributed by atoms with Crippen LogP contribution < -0.4 is 0 Å². The fraction of sp³-hybridized carbons (Fsp3) is 0.750. The lowest BCUT2D eigenvalue weighted by Gasteiger charge is -2.19. The van der Waals surface area contributed by atoms with Crippen molar-refractivity contribution >= 4 is 5.97 Å². The molecule has 0 aromatic carbocycles. The molecule has 2 unspecified atom stereocenters. The number of carboxylic acid groups (broad SMARTS) is 1. The lowest BCUT2D eigenvalue weighted by Crippen LogP contribution is -2.20. The summed E-state index contributed by atoms with van der Waals surface area (Å²) in [4.78, 5) is 10.5. The van der Waals surface area contributed by atoms with Gasteiger partial charge >= 0.3 is 5.97 Å². The van der Waals surface area contributed by atoms with E-state index in [0.29, 0.717) is 25.7 Å². The van der Waals surface area contributed by atoms with Crippen molar-refractivity contribution in [2.45, 2.75) is 83.0 Å². The van der Waals surface area contributed by atoms with Crippen LogP contribution in [0.5, 0.6) is 0 Å². The molecule has 0 spiro atoms. The van der Waals surface area contributed by atoms with Gasteiger partial charge in [0.25, 0.3) is 0 Å². The smallest absolute Gasteiger partial charge is 0.303 e. The lowest BCUT2D eigenvalue weighted by atomic mass is 9.89. The van der Waals surface area contributed by atoms with Crippen molar-refractivity contribution in [3.8, 4) is 0 Å². The van der Waals surface area contributed by atoms with Crippen LogP contribution in [0.2, 0.25) is 0 Å². The number of aliphatic carboxylic acids is 1. The average molecular weight is 354 g/mol. The highest BCUT2D eigenvalue weighted by atomic mass is 16.4. The molecule has 0 heterocycles. The molecule has 1 saturated carbocycles. The van der Waals surface area contributed by atoms with Crippen LogP contribution in [0.1, 0.15) is 64.7 Å². The quantitative estimate of drug-likeness (QED) is 0.319. The van der Waals surface area contributed by atoms with E-state index in [0.717, 1.165) is 25.7 Å². The predicted octanol–water partition coefficient (Wildman–Crippen LogP) is 3.04. The Labute approximate surface area is 151 Å². The molecule has 1 rings (SSSR count). The molecule has 0 aliphatic heterocycles. The van der Waals surface area contributed by atoms with E-state index in [-0.39, 0.29) is 18.3 Å². The Bertz CT molecular complexity index is 432. The third-order valence-electron chi connectivity index (χ3n) is 4.91. The van der Waals surface area contributed by atoms with Crippen LogP contribution in [0.25, 0.3) is 0 Å². The van der Waals surface area contributed by atoms with Crippen LogP contribution in [0, 0.1) is 11.8 Å². The molecule has 0 amide bonds. The summed E-state index contributed by atoms with van der Waals surface area (Å²) in [6, 6.07) is 0. The van der Waals surface area contributed by atoms with Gasteiger partial charge in [-0.3, -0.25) is 4.79 Å². The first-order chi connectivity index (χ1) is 12.0. The largest absolute Gasteiger partial charge is 0.481 e. The van der Waals surface area contributed by atoms with Crippen molar-refractivity contribution < 1.29 is 25.2 Å². The Morgan fingerprint density at radius 2 is 1.92 bits per heavy atom. The molecule has 1 aliphatic carbocycles. The fourth-order valence-electron chi connectivity index (χ4n) is 3.41. The minimum absolute atomic E-state index is 0.0650. The summed E-state index contributed by atoms with van der Waals surface area (Å²) >= 11 is 0. The summed E-state index contributed by atoms with van der Waals surface area (Å²) in [5, 5.41) is 39.0. The van der Waals surface area contributed by atoms with Gasteiger partial charge in [-0.25, -0.2) is 0 Å². The number of allylic oxidation sites excluding steroid dienone is 2. The standard InChI is InChI=1S/C20H34O5/c1-2-3-6-9-15(21)12-13-17-16(18(22)14-19(17)23)10-7-4-5-8-11-20(24)25/h4,7,12-13,15-19,21-23H,2-3,5-6,8-11,14H2,1H3,(H,24,25)/t15-,16?,17?,18-,19+/m0/s1. The summed E-state index contributed by atoms with van der Waals surface area (Å²) in [6.07, 6.45) is 12.3. The second-order valence-electron chi connectivity index (χ2n) is 7.05. The van der Waals surface area contributed by atoms with Crippen LogP contribution in [-0.4, -0.2) is 44.7 Å². The second-order valence-corrected chi connectivity index (χ2v) is 7.05. The average Bonchev–Trinajstić information content (AvgIpc) is 2.82. The molecule has 0 bridgehead atoms. The van der Waals surface area contributed by atoms with Gasteiger partial charge in [-0.1, -0.05) is 50.5 Å². The number of hydrogen-bond donors (Lipinski definition) is 4. The van der Waals surface area contributed by atoms with Gasteiger partial charge in [0.2, 0.25) is 0 Å². The van der Waals surface area contributed by atoms with Gasteiger partial charge in [-0.2, -0.15) is 0 Å². The van der Waals surface area contributed by atoms with Crippen LogP contribution in [0.3, 0.4) is 0 Å². The van der Waals surface area contributed by atoms with E-state index < -0.39 is 24.3 Å². The van der Waals surface area contributed by atoms with Gasteiger partial charge in [0.05, 0.1) is 18.3 Å². The maximum absolute atomic E-state index is 10.5. The van der Waals surface area contributed by atoms with Crippen molar-refractivity contribution in [1.29, 1.82) is 0 Å². The monoisotopic (exact) mass is 354 g/mol. The zero-order valence-corrected chi connectivity index (χ0v) is 15.3. The number of carboxylic acids is 1. The maximum atomic E-state index is 10.5. The Morgan fingerprint density at radius 3 is 2.60 bits per heavy atom. The molecule has 0 saturated heterocycles. The molecule has 144 valence electrons. The first-order valence-electron chi connectivity index (χ1n) is 9.55. The third-order valence-corrected chi connectivity index (χ3v) is 4.91. The van der Waals surface area contributed by atoms with E-state index in [1.165, 1.54) is 0 Å². The normalized spacial score (nSPS) is 28.2. The van der Waals surface area contributed by atoms with Crippen molar-refractivity contribution in [3.63, 3.8) is 0 Å². The van der Waals surface area contributed by atoms with Gasteiger partial charge < -0.3 is 20.4 Å². The Kier molecular flexibility index (Phi) is 10.7. The molecule has 4 N–H and O–H groups in total. The van der Waals surface area contributed by atoms with Crippen molar-refractivity contribution in [1.82, 2.24) is 0 Å².